The molecule has 1 N–H and O–H groups in total. The Kier molecular flexibility index (Phi) is 4.89. The van der Waals surface area contributed by atoms with Gasteiger partial charge in [0.1, 0.15) is 5.82 Å². The highest BCUT2D eigenvalue weighted by Gasteiger charge is 2.21. The molecule has 2 aromatic carbocycles. The van der Waals surface area contributed by atoms with Crippen molar-refractivity contribution in [2.75, 3.05) is 11.9 Å². The first-order valence-corrected chi connectivity index (χ1v) is 9.30. The number of ketones is 1. The molecule has 0 spiro atoms. The Bertz CT molecular complexity index is 1010. The maximum atomic E-state index is 12.8. The predicted octanol–water partition coefficient (Wildman–Crippen LogP) is 4.23. The van der Waals surface area contributed by atoms with Gasteiger partial charge in [-0.1, -0.05) is 24.3 Å². The van der Waals surface area contributed by atoms with E-state index in [1.54, 1.807) is 37.4 Å². The van der Waals surface area contributed by atoms with Crippen LogP contribution in [0.15, 0.2) is 66.9 Å². The van der Waals surface area contributed by atoms with Crippen molar-refractivity contribution in [2.45, 2.75) is 19.9 Å². The Morgan fingerprint density at radius 3 is 2.32 bits per heavy atom. The summed E-state index contributed by atoms with van der Waals surface area (Å²) in [4.78, 5) is 30.4. The predicted molar refractivity (Wildman–Crippen MR) is 109 cm³/mol. The van der Waals surface area contributed by atoms with Crippen molar-refractivity contribution in [1.82, 2.24) is 9.88 Å². The number of benzene rings is 2. The second-order valence-corrected chi connectivity index (χ2v) is 6.94. The lowest BCUT2D eigenvalue weighted by Gasteiger charge is -2.28. The van der Waals surface area contributed by atoms with Crippen LogP contribution >= 0.6 is 0 Å². The Balaban J connectivity index is 1.43. The summed E-state index contributed by atoms with van der Waals surface area (Å²) < 4.78 is 0. The molecular weight excluding hydrogens is 350 g/mol. The van der Waals surface area contributed by atoms with Crippen molar-refractivity contribution in [3.63, 3.8) is 0 Å². The van der Waals surface area contributed by atoms with Gasteiger partial charge in [0, 0.05) is 30.5 Å². The fourth-order valence-corrected chi connectivity index (χ4v) is 3.38. The number of fused-ring (bicyclic) bond motifs is 1. The van der Waals surface area contributed by atoms with Gasteiger partial charge in [-0.25, -0.2) is 4.98 Å². The number of rotatable bonds is 4. The Labute approximate surface area is 164 Å². The van der Waals surface area contributed by atoms with Gasteiger partial charge in [-0.2, -0.15) is 0 Å². The van der Waals surface area contributed by atoms with Crippen LogP contribution in [0.2, 0.25) is 0 Å². The largest absolute Gasteiger partial charge is 0.340 e. The van der Waals surface area contributed by atoms with Crippen molar-refractivity contribution in [3.05, 3.63) is 89.1 Å². The van der Waals surface area contributed by atoms with E-state index in [0.29, 0.717) is 23.5 Å². The van der Waals surface area contributed by atoms with Gasteiger partial charge in [-0.15, -0.1) is 0 Å². The van der Waals surface area contributed by atoms with E-state index in [1.165, 1.54) is 11.1 Å². The van der Waals surface area contributed by atoms with Crippen molar-refractivity contribution in [1.29, 1.82) is 0 Å². The molecule has 0 bridgehead atoms. The van der Waals surface area contributed by atoms with Crippen LogP contribution in [0.3, 0.4) is 0 Å². The zero-order chi connectivity index (χ0) is 19.5. The van der Waals surface area contributed by atoms with E-state index in [9.17, 15) is 9.59 Å². The summed E-state index contributed by atoms with van der Waals surface area (Å²) in [7, 11) is 0. The number of Topliss-reactive ketones (excluding diaryl/α,β-unsaturated/α-hetero) is 1. The maximum absolute atomic E-state index is 12.8. The van der Waals surface area contributed by atoms with Gasteiger partial charge in [0.2, 0.25) is 0 Å². The number of aromatic nitrogens is 1. The molecule has 2 heterocycles. The standard InChI is InChI=1S/C23H21N3O2/c1-16(27)17-6-9-21(10-7-17)25-22-11-8-19(14-24-22)23(28)26-13-12-18-4-2-3-5-20(18)15-26/h2-11,14H,12-13,15H2,1H3,(H,24,25). The molecule has 5 nitrogen and oxygen atoms in total. The third-order valence-electron chi connectivity index (χ3n) is 4.99. The monoisotopic (exact) mass is 371 g/mol. The molecule has 1 amide bonds. The van der Waals surface area contributed by atoms with Crippen LogP contribution in [0.5, 0.6) is 0 Å². The number of hydrogen-bond donors (Lipinski definition) is 1. The summed E-state index contributed by atoms with van der Waals surface area (Å²) in [6.07, 6.45) is 2.49. The SMILES string of the molecule is CC(=O)c1ccc(Nc2ccc(C(=O)N3CCc4ccccc4C3)cn2)cc1. The lowest BCUT2D eigenvalue weighted by atomic mass is 9.99. The molecule has 1 aliphatic heterocycles. The first-order chi connectivity index (χ1) is 13.6. The number of hydrogen-bond acceptors (Lipinski definition) is 4. The van der Waals surface area contributed by atoms with Crippen molar-refractivity contribution >= 4 is 23.2 Å². The van der Waals surface area contributed by atoms with Crippen LogP contribution in [0.25, 0.3) is 0 Å². The van der Waals surface area contributed by atoms with E-state index in [0.717, 1.165) is 18.7 Å². The average Bonchev–Trinajstić information content (AvgIpc) is 2.74. The van der Waals surface area contributed by atoms with Gasteiger partial charge in [-0.3, -0.25) is 9.59 Å². The summed E-state index contributed by atoms with van der Waals surface area (Å²) in [6, 6.07) is 19.1. The fraction of sp³-hybridized carbons (Fsp3) is 0.174. The Morgan fingerprint density at radius 2 is 1.64 bits per heavy atom. The minimum atomic E-state index is -0.000589. The highest BCUT2D eigenvalue weighted by atomic mass is 16.2. The molecule has 5 heteroatoms. The van der Waals surface area contributed by atoms with Crippen molar-refractivity contribution in [2.24, 2.45) is 0 Å². The second-order valence-electron chi connectivity index (χ2n) is 6.94. The first kappa shape index (κ1) is 17.9. The molecule has 0 unspecified atom stereocenters. The summed E-state index contributed by atoms with van der Waals surface area (Å²) in [5.74, 6) is 0.684. The molecule has 140 valence electrons. The quantitative estimate of drug-likeness (QED) is 0.697. The molecule has 28 heavy (non-hydrogen) atoms. The normalized spacial score (nSPS) is 13.0. The minimum absolute atomic E-state index is 0.000589. The van der Waals surface area contributed by atoms with Gasteiger partial charge in [0.05, 0.1) is 5.56 Å². The zero-order valence-electron chi connectivity index (χ0n) is 15.7. The lowest BCUT2D eigenvalue weighted by molar-refractivity contribution is 0.0734. The number of carbonyl (C=O) groups is 2. The van der Waals surface area contributed by atoms with Crippen LogP contribution in [0, 0.1) is 0 Å². The highest BCUT2D eigenvalue weighted by molar-refractivity contribution is 5.95. The van der Waals surface area contributed by atoms with E-state index in [4.69, 9.17) is 0 Å². The van der Waals surface area contributed by atoms with Crippen molar-refractivity contribution < 1.29 is 9.59 Å². The average molecular weight is 371 g/mol. The zero-order valence-corrected chi connectivity index (χ0v) is 15.7. The third kappa shape index (κ3) is 3.78. The highest BCUT2D eigenvalue weighted by Crippen LogP contribution is 2.21. The van der Waals surface area contributed by atoms with Crippen LogP contribution in [-0.4, -0.2) is 28.1 Å². The Morgan fingerprint density at radius 1 is 0.929 bits per heavy atom. The van der Waals surface area contributed by atoms with E-state index in [2.05, 4.69) is 22.4 Å². The summed E-state index contributed by atoms with van der Waals surface area (Å²) in [5, 5.41) is 3.18. The molecule has 0 aliphatic carbocycles. The van der Waals surface area contributed by atoms with E-state index >= 15 is 0 Å². The lowest BCUT2D eigenvalue weighted by Crippen LogP contribution is -2.35. The molecule has 0 atom stereocenters. The van der Waals surface area contributed by atoms with E-state index < -0.39 is 0 Å². The van der Waals surface area contributed by atoms with E-state index in [-0.39, 0.29) is 11.7 Å². The number of anilines is 2. The second kappa shape index (κ2) is 7.64. The number of carbonyl (C=O) groups excluding carboxylic acids is 2. The van der Waals surface area contributed by atoms with Gasteiger partial charge < -0.3 is 10.2 Å². The van der Waals surface area contributed by atoms with Crippen LogP contribution in [0.1, 0.15) is 38.8 Å². The van der Waals surface area contributed by atoms with Crippen LogP contribution in [-0.2, 0) is 13.0 Å². The summed E-state index contributed by atoms with van der Waals surface area (Å²) >= 11 is 0. The van der Waals surface area contributed by atoms with Gasteiger partial charge >= 0.3 is 0 Å². The van der Waals surface area contributed by atoms with Crippen LogP contribution in [0.4, 0.5) is 11.5 Å². The topological polar surface area (TPSA) is 62.3 Å². The summed E-state index contributed by atoms with van der Waals surface area (Å²) in [5.41, 5.74) is 4.62. The van der Waals surface area contributed by atoms with Crippen molar-refractivity contribution in [3.8, 4) is 0 Å². The molecule has 0 saturated heterocycles. The van der Waals surface area contributed by atoms with Gasteiger partial charge in [0.15, 0.2) is 5.78 Å². The molecule has 3 aromatic rings. The molecule has 1 aromatic heterocycles. The fourth-order valence-electron chi connectivity index (χ4n) is 3.38. The molecule has 0 saturated carbocycles. The smallest absolute Gasteiger partial charge is 0.255 e. The van der Waals surface area contributed by atoms with Crippen LogP contribution < -0.4 is 5.32 Å². The molecule has 1 aliphatic rings. The molecule has 0 fully saturated rings. The first-order valence-electron chi connectivity index (χ1n) is 9.30. The van der Waals surface area contributed by atoms with Gasteiger partial charge in [0.25, 0.3) is 5.91 Å². The number of nitrogens with zero attached hydrogens (tertiary/aromatic N) is 2. The molecular formula is C23H21N3O2. The Hall–Kier alpha value is -3.47. The number of amides is 1. The van der Waals surface area contributed by atoms with E-state index in [1.807, 2.05) is 29.2 Å². The minimum Gasteiger partial charge on any atom is -0.340 e. The molecule has 4 rings (SSSR count). The third-order valence-corrected chi connectivity index (χ3v) is 4.99. The summed E-state index contributed by atoms with van der Waals surface area (Å²) in [6.45, 7) is 2.90. The molecule has 0 radical (unpaired) electrons. The maximum Gasteiger partial charge on any atom is 0.255 e. The number of pyridine rings is 1. The van der Waals surface area contributed by atoms with Gasteiger partial charge in [-0.05, 0) is 60.9 Å². The number of nitrogens with one attached hydrogen (secondary N) is 1.